The van der Waals surface area contributed by atoms with Crippen LogP contribution in [0.1, 0.15) is 67.6 Å². The van der Waals surface area contributed by atoms with Crippen molar-refractivity contribution in [3.05, 3.63) is 87.9 Å². The van der Waals surface area contributed by atoms with E-state index >= 15 is 0 Å². The average Bonchev–Trinajstić information content (AvgIpc) is 2.86. The fraction of sp³-hybridized carbons (Fsp3) is 0.344. The van der Waals surface area contributed by atoms with Crippen LogP contribution < -0.4 is 15.7 Å². The first kappa shape index (κ1) is 30.2. The molecule has 0 radical (unpaired) electrons. The Labute approximate surface area is 238 Å². The van der Waals surface area contributed by atoms with Crippen LogP contribution in [0.15, 0.2) is 60.7 Å². The minimum absolute atomic E-state index is 0.0590. The number of nitrogens with one attached hydrogen (secondary N) is 1. The predicted molar refractivity (Wildman–Crippen MR) is 164 cm³/mol. The van der Waals surface area contributed by atoms with Crippen molar-refractivity contribution in [3.8, 4) is 0 Å². The lowest BCUT2D eigenvalue weighted by Crippen LogP contribution is -2.43. The Morgan fingerprint density at radius 2 is 1.72 bits per heavy atom. The third-order valence-corrected chi connectivity index (χ3v) is 6.98. The first-order valence-corrected chi connectivity index (χ1v) is 13.7. The third-order valence-electron chi connectivity index (χ3n) is 6.67. The fourth-order valence-corrected chi connectivity index (χ4v) is 4.85. The van der Waals surface area contributed by atoms with E-state index in [-0.39, 0.29) is 17.7 Å². The molecule has 5 nitrogen and oxygen atoms in total. The summed E-state index contributed by atoms with van der Waals surface area (Å²) >= 11 is 6.24. The Balaban J connectivity index is 1.81. The van der Waals surface area contributed by atoms with Gasteiger partial charge in [-0.2, -0.15) is 0 Å². The van der Waals surface area contributed by atoms with E-state index in [0.29, 0.717) is 35.2 Å². The van der Waals surface area contributed by atoms with Crippen LogP contribution in [0.25, 0.3) is 0 Å². The van der Waals surface area contributed by atoms with Crippen molar-refractivity contribution in [2.24, 2.45) is 11.3 Å². The number of carbonyl (C=O) groups is 3. The van der Waals surface area contributed by atoms with Gasteiger partial charge in [-0.3, -0.25) is 9.59 Å². The zero-order valence-corrected chi connectivity index (χ0v) is 24.7. The van der Waals surface area contributed by atoms with Crippen LogP contribution in [0.2, 0.25) is 5.02 Å². The van der Waals surface area contributed by atoms with Gasteiger partial charge in [-0.05, 0) is 60.2 Å². The molecule has 0 bridgehead atoms. The van der Waals surface area contributed by atoms with Crippen molar-refractivity contribution in [2.75, 3.05) is 16.8 Å². The number of carbonyl (C=O) groups excluding carboxylic acids is 3. The van der Waals surface area contributed by atoms with Crippen LogP contribution >= 0.6 is 11.6 Å². The molecule has 3 aromatic rings. The molecule has 0 spiro atoms. The highest BCUT2D eigenvalue weighted by Gasteiger charge is 2.30. The summed E-state index contributed by atoms with van der Waals surface area (Å²) in [7, 11) is 2.00. The zero-order chi connectivity index (χ0) is 28.9. The van der Waals surface area contributed by atoms with Gasteiger partial charge in [0.1, 0.15) is 14.1 Å². The van der Waals surface area contributed by atoms with Crippen LogP contribution in [0.4, 0.5) is 11.4 Å². The van der Waals surface area contributed by atoms with Gasteiger partial charge in [0.2, 0.25) is 5.91 Å². The van der Waals surface area contributed by atoms with Crippen molar-refractivity contribution in [3.63, 3.8) is 0 Å². The SMILES string of the molecule is Bc1ccc(C(C=O)Cc2ccc(NC(=O)c3c(C)cccc3Cl)cc2)cc1N(CC(C)C)C(=O)C(C)(C)C. The molecule has 0 heterocycles. The van der Waals surface area contributed by atoms with Crippen molar-refractivity contribution in [1.29, 1.82) is 0 Å². The Morgan fingerprint density at radius 3 is 2.28 bits per heavy atom. The molecular formula is C32H38BClN2O3. The molecule has 1 atom stereocenters. The van der Waals surface area contributed by atoms with E-state index in [2.05, 4.69) is 19.2 Å². The smallest absolute Gasteiger partial charge is 0.257 e. The number of rotatable bonds is 9. The number of hydrogen-bond acceptors (Lipinski definition) is 3. The second-order valence-corrected chi connectivity index (χ2v) is 12.0. The quantitative estimate of drug-likeness (QED) is 0.277. The van der Waals surface area contributed by atoms with E-state index < -0.39 is 5.41 Å². The highest BCUT2D eigenvalue weighted by Crippen LogP contribution is 2.28. The summed E-state index contributed by atoms with van der Waals surface area (Å²) < 4.78 is 0. The normalized spacial score (nSPS) is 12.2. The van der Waals surface area contributed by atoms with Gasteiger partial charge >= 0.3 is 0 Å². The Hall–Kier alpha value is -3.38. The highest BCUT2D eigenvalue weighted by molar-refractivity contribution is 6.36. The van der Waals surface area contributed by atoms with Crippen molar-refractivity contribution in [1.82, 2.24) is 0 Å². The van der Waals surface area contributed by atoms with E-state index in [1.54, 1.807) is 6.07 Å². The van der Waals surface area contributed by atoms with Gasteiger partial charge in [-0.1, -0.05) is 88.1 Å². The van der Waals surface area contributed by atoms with E-state index in [0.717, 1.165) is 34.1 Å². The molecular weight excluding hydrogens is 507 g/mol. The Bertz CT molecular complexity index is 1330. The molecule has 2 amide bonds. The summed E-state index contributed by atoms with van der Waals surface area (Å²) in [4.78, 5) is 40.2. The molecule has 0 fully saturated rings. The van der Waals surface area contributed by atoms with Crippen LogP contribution in [0.3, 0.4) is 0 Å². The number of benzene rings is 3. The molecule has 0 saturated heterocycles. The maximum atomic E-state index is 13.3. The second kappa shape index (κ2) is 12.7. The van der Waals surface area contributed by atoms with E-state index in [1.807, 2.05) is 95.0 Å². The standard InChI is InChI=1S/C32H38BClN2O3/c1-20(2)18-36(31(39)32(4,5)6)28-17-23(12-15-26(28)33)24(19-37)16-22-10-13-25(14-11-22)35-30(38)29-21(3)8-7-9-27(29)34/h7-15,17,19-20,24H,16,18,33H2,1-6H3,(H,35,38). The Morgan fingerprint density at radius 1 is 1.05 bits per heavy atom. The molecule has 7 heteroatoms. The summed E-state index contributed by atoms with van der Waals surface area (Å²) in [6.45, 7) is 12.4. The number of hydrogen-bond donors (Lipinski definition) is 1. The third kappa shape index (κ3) is 7.60. The molecule has 39 heavy (non-hydrogen) atoms. The van der Waals surface area contributed by atoms with Gasteiger partial charge in [0.25, 0.3) is 5.91 Å². The molecule has 1 unspecified atom stereocenters. The molecule has 3 aromatic carbocycles. The topological polar surface area (TPSA) is 66.5 Å². The molecule has 204 valence electrons. The number of aryl methyl sites for hydroxylation is 1. The molecule has 3 rings (SSSR count). The van der Waals surface area contributed by atoms with E-state index in [4.69, 9.17) is 11.6 Å². The van der Waals surface area contributed by atoms with Crippen LogP contribution in [-0.4, -0.2) is 32.5 Å². The van der Waals surface area contributed by atoms with Gasteiger partial charge in [0.15, 0.2) is 0 Å². The number of halogens is 1. The van der Waals surface area contributed by atoms with Crippen molar-refractivity contribution < 1.29 is 14.4 Å². The molecule has 1 N–H and O–H groups in total. The molecule has 0 aromatic heterocycles. The Kier molecular flexibility index (Phi) is 9.79. The maximum absolute atomic E-state index is 13.3. The predicted octanol–water partition coefficient (Wildman–Crippen LogP) is 5.72. The van der Waals surface area contributed by atoms with Crippen LogP contribution in [0.5, 0.6) is 0 Å². The van der Waals surface area contributed by atoms with Gasteiger partial charge in [0.05, 0.1) is 10.6 Å². The van der Waals surface area contributed by atoms with Gasteiger partial charge in [-0.25, -0.2) is 0 Å². The summed E-state index contributed by atoms with van der Waals surface area (Å²) in [6.07, 6.45) is 1.46. The second-order valence-electron chi connectivity index (χ2n) is 11.6. The highest BCUT2D eigenvalue weighted by atomic mass is 35.5. The number of nitrogens with zero attached hydrogens (tertiary/aromatic N) is 1. The first-order chi connectivity index (χ1) is 18.3. The van der Waals surface area contributed by atoms with E-state index in [1.165, 1.54) is 0 Å². The molecule has 0 aliphatic rings. The summed E-state index contributed by atoms with van der Waals surface area (Å²) in [5, 5.41) is 3.31. The van der Waals surface area contributed by atoms with E-state index in [9.17, 15) is 14.4 Å². The minimum atomic E-state index is -0.525. The van der Waals surface area contributed by atoms with Crippen LogP contribution in [0, 0.1) is 18.3 Å². The summed E-state index contributed by atoms with van der Waals surface area (Å²) in [5.41, 5.74) is 5.06. The van der Waals surface area contributed by atoms with Crippen molar-refractivity contribution in [2.45, 2.75) is 53.9 Å². The monoisotopic (exact) mass is 544 g/mol. The molecule has 0 aliphatic heterocycles. The number of anilines is 2. The van der Waals surface area contributed by atoms with Crippen LogP contribution in [-0.2, 0) is 16.0 Å². The molecule has 0 saturated carbocycles. The van der Waals surface area contributed by atoms with Gasteiger partial charge < -0.3 is 15.0 Å². The maximum Gasteiger partial charge on any atom is 0.257 e. The summed E-state index contributed by atoms with van der Waals surface area (Å²) in [5.74, 6) is -0.286. The minimum Gasteiger partial charge on any atom is -0.322 e. The average molecular weight is 545 g/mol. The largest absolute Gasteiger partial charge is 0.322 e. The fourth-order valence-electron chi connectivity index (χ4n) is 4.54. The zero-order valence-electron chi connectivity index (χ0n) is 24.0. The van der Waals surface area contributed by atoms with Crippen molar-refractivity contribution >= 4 is 54.4 Å². The van der Waals surface area contributed by atoms with Gasteiger partial charge in [0, 0.05) is 29.3 Å². The van der Waals surface area contributed by atoms with Gasteiger partial charge in [-0.15, -0.1) is 0 Å². The molecule has 0 aliphatic carbocycles. The number of aldehydes is 1. The number of amides is 2. The lowest BCUT2D eigenvalue weighted by molar-refractivity contribution is -0.125. The lowest BCUT2D eigenvalue weighted by Gasteiger charge is -2.32. The summed E-state index contributed by atoms with van der Waals surface area (Å²) in [6, 6.07) is 18.8. The lowest BCUT2D eigenvalue weighted by atomic mass is 9.86. The first-order valence-electron chi connectivity index (χ1n) is 13.3.